The van der Waals surface area contributed by atoms with E-state index in [4.69, 9.17) is 0 Å². The van der Waals surface area contributed by atoms with E-state index in [0.29, 0.717) is 5.91 Å². The number of carbonyl (C=O) groups excluding carboxylic acids is 1. The van der Waals surface area contributed by atoms with Crippen molar-refractivity contribution in [2.45, 2.75) is 25.7 Å². The molecule has 0 aromatic rings. The Balaban J connectivity index is 1.46. The van der Waals surface area contributed by atoms with Gasteiger partial charge in [-0.25, -0.2) is 0 Å². The molecule has 1 N–H and O–H groups in total. The lowest BCUT2D eigenvalue weighted by Gasteiger charge is -2.22. The van der Waals surface area contributed by atoms with Gasteiger partial charge in [-0.3, -0.25) is 4.79 Å². The number of likely N-dealkylation sites (tertiary alicyclic amines) is 2. The molecule has 0 radical (unpaired) electrons. The van der Waals surface area contributed by atoms with Gasteiger partial charge in [0, 0.05) is 26.2 Å². The molecule has 3 rings (SSSR count). The third-order valence-corrected chi connectivity index (χ3v) is 4.72. The minimum absolute atomic E-state index is 0.260. The Bertz CT molecular complexity index is 295. The number of rotatable bonds is 3. The summed E-state index contributed by atoms with van der Waals surface area (Å²) in [6, 6.07) is 0. The Morgan fingerprint density at radius 2 is 2.00 bits per heavy atom. The molecule has 4 nitrogen and oxygen atoms in total. The summed E-state index contributed by atoms with van der Waals surface area (Å²) in [5.41, 5.74) is 0. The van der Waals surface area contributed by atoms with E-state index in [1.54, 1.807) is 0 Å². The van der Waals surface area contributed by atoms with E-state index < -0.39 is 0 Å². The SMILES string of the molecule is O=C(C1CCNC1)N1CCC(CN2CCCC2)C1. The van der Waals surface area contributed by atoms with E-state index in [0.717, 1.165) is 38.5 Å². The van der Waals surface area contributed by atoms with Crippen LogP contribution in [0.4, 0.5) is 0 Å². The fourth-order valence-corrected chi connectivity index (χ4v) is 3.64. The second-order valence-corrected chi connectivity index (χ2v) is 6.14. The molecule has 102 valence electrons. The molecule has 4 heteroatoms. The van der Waals surface area contributed by atoms with Crippen LogP contribution in [-0.2, 0) is 4.79 Å². The van der Waals surface area contributed by atoms with Crippen LogP contribution in [0.3, 0.4) is 0 Å². The van der Waals surface area contributed by atoms with E-state index in [-0.39, 0.29) is 5.92 Å². The number of amides is 1. The maximum atomic E-state index is 12.3. The maximum Gasteiger partial charge on any atom is 0.227 e. The normalized spacial score (nSPS) is 33.4. The number of hydrogen-bond donors (Lipinski definition) is 1. The molecule has 18 heavy (non-hydrogen) atoms. The van der Waals surface area contributed by atoms with Crippen molar-refractivity contribution in [2.24, 2.45) is 11.8 Å². The molecule has 0 bridgehead atoms. The van der Waals surface area contributed by atoms with Crippen molar-refractivity contribution < 1.29 is 4.79 Å². The molecule has 3 aliphatic rings. The minimum Gasteiger partial charge on any atom is -0.342 e. The van der Waals surface area contributed by atoms with Crippen LogP contribution in [0.1, 0.15) is 25.7 Å². The lowest BCUT2D eigenvalue weighted by molar-refractivity contribution is -0.133. The van der Waals surface area contributed by atoms with E-state index in [1.807, 2.05) is 0 Å². The van der Waals surface area contributed by atoms with Gasteiger partial charge in [-0.2, -0.15) is 0 Å². The quantitative estimate of drug-likeness (QED) is 0.795. The van der Waals surface area contributed by atoms with Gasteiger partial charge in [0.25, 0.3) is 0 Å². The highest BCUT2D eigenvalue weighted by molar-refractivity contribution is 5.79. The summed E-state index contributed by atoms with van der Waals surface area (Å²) < 4.78 is 0. The Morgan fingerprint density at radius 3 is 2.72 bits per heavy atom. The topological polar surface area (TPSA) is 35.6 Å². The van der Waals surface area contributed by atoms with Crippen molar-refractivity contribution in [2.75, 3.05) is 45.8 Å². The van der Waals surface area contributed by atoms with E-state index >= 15 is 0 Å². The van der Waals surface area contributed by atoms with Gasteiger partial charge in [0.05, 0.1) is 5.92 Å². The van der Waals surface area contributed by atoms with Gasteiger partial charge in [-0.15, -0.1) is 0 Å². The molecule has 0 saturated carbocycles. The predicted octanol–water partition coefficient (Wildman–Crippen LogP) is 0.540. The number of carbonyl (C=O) groups is 1. The lowest BCUT2D eigenvalue weighted by Crippen LogP contribution is -2.36. The van der Waals surface area contributed by atoms with Crippen LogP contribution in [0.15, 0.2) is 0 Å². The number of nitrogens with zero attached hydrogens (tertiary/aromatic N) is 2. The zero-order valence-corrected chi connectivity index (χ0v) is 11.2. The van der Waals surface area contributed by atoms with Crippen molar-refractivity contribution >= 4 is 5.91 Å². The van der Waals surface area contributed by atoms with Crippen molar-refractivity contribution in [3.05, 3.63) is 0 Å². The van der Waals surface area contributed by atoms with Gasteiger partial charge in [0.15, 0.2) is 0 Å². The van der Waals surface area contributed by atoms with Crippen molar-refractivity contribution in [3.8, 4) is 0 Å². The molecule has 0 aromatic carbocycles. The summed E-state index contributed by atoms with van der Waals surface area (Å²) in [7, 11) is 0. The third-order valence-electron chi connectivity index (χ3n) is 4.72. The Kier molecular flexibility index (Phi) is 3.85. The third kappa shape index (κ3) is 2.69. The molecule has 0 aromatic heterocycles. The number of hydrogen-bond acceptors (Lipinski definition) is 3. The minimum atomic E-state index is 0.260. The molecule has 3 heterocycles. The molecule has 3 fully saturated rings. The first kappa shape index (κ1) is 12.4. The van der Waals surface area contributed by atoms with Crippen molar-refractivity contribution in [1.29, 1.82) is 0 Å². The van der Waals surface area contributed by atoms with Gasteiger partial charge in [-0.1, -0.05) is 0 Å². The second kappa shape index (κ2) is 5.57. The highest BCUT2D eigenvalue weighted by Gasteiger charge is 2.32. The van der Waals surface area contributed by atoms with Crippen LogP contribution in [0.2, 0.25) is 0 Å². The zero-order valence-electron chi connectivity index (χ0n) is 11.2. The Hall–Kier alpha value is -0.610. The molecule has 2 unspecified atom stereocenters. The van der Waals surface area contributed by atoms with Gasteiger partial charge in [-0.05, 0) is 51.2 Å². The molecule has 1 amide bonds. The van der Waals surface area contributed by atoms with Crippen LogP contribution in [0, 0.1) is 11.8 Å². The molecular formula is C14H25N3O. The first-order valence-electron chi connectivity index (χ1n) is 7.55. The Labute approximate surface area is 110 Å². The largest absolute Gasteiger partial charge is 0.342 e. The summed E-state index contributed by atoms with van der Waals surface area (Å²) >= 11 is 0. The first-order chi connectivity index (χ1) is 8.83. The molecule has 2 atom stereocenters. The summed E-state index contributed by atoms with van der Waals surface area (Å²) in [6.45, 7) is 7.67. The van der Waals surface area contributed by atoms with E-state index in [1.165, 1.54) is 38.9 Å². The monoisotopic (exact) mass is 251 g/mol. The van der Waals surface area contributed by atoms with Crippen molar-refractivity contribution in [3.63, 3.8) is 0 Å². The fourth-order valence-electron chi connectivity index (χ4n) is 3.64. The van der Waals surface area contributed by atoms with Crippen LogP contribution < -0.4 is 5.32 Å². The average molecular weight is 251 g/mol. The highest BCUT2D eigenvalue weighted by Crippen LogP contribution is 2.22. The summed E-state index contributed by atoms with van der Waals surface area (Å²) in [4.78, 5) is 17.0. The average Bonchev–Trinajstić information content (AvgIpc) is 3.11. The highest BCUT2D eigenvalue weighted by atomic mass is 16.2. The van der Waals surface area contributed by atoms with E-state index in [9.17, 15) is 4.79 Å². The van der Waals surface area contributed by atoms with Gasteiger partial charge < -0.3 is 15.1 Å². The Morgan fingerprint density at radius 1 is 1.17 bits per heavy atom. The maximum absolute atomic E-state index is 12.3. The molecule has 3 saturated heterocycles. The van der Waals surface area contributed by atoms with Gasteiger partial charge in [0.1, 0.15) is 0 Å². The lowest BCUT2D eigenvalue weighted by atomic mass is 10.1. The molecule has 3 aliphatic heterocycles. The summed E-state index contributed by atoms with van der Waals surface area (Å²) in [6.07, 6.45) is 4.97. The summed E-state index contributed by atoms with van der Waals surface area (Å²) in [5.74, 6) is 1.39. The molecule has 0 spiro atoms. The summed E-state index contributed by atoms with van der Waals surface area (Å²) in [5, 5.41) is 3.29. The second-order valence-electron chi connectivity index (χ2n) is 6.14. The van der Waals surface area contributed by atoms with Crippen LogP contribution in [0.25, 0.3) is 0 Å². The van der Waals surface area contributed by atoms with E-state index in [2.05, 4.69) is 15.1 Å². The smallest absolute Gasteiger partial charge is 0.227 e. The van der Waals surface area contributed by atoms with Crippen LogP contribution in [-0.4, -0.2) is 61.5 Å². The van der Waals surface area contributed by atoms with Gasteiger partial charge >= 0.3 is 0 Å². The fraction of sp³-hybridized carbons (Fsp3) is 0.929. The standard InChI is InChI=1S/C14H25N3O/c18-14(13-3-5-15-9-13)17-8-4-12(11-17)10-16-6-1-2-7-16/h12-13,15H,1-11H2. The van der Waals surface area contributed by atoms with Gasteiger partial charge in [0.2, 0.25) is 5.91 Å². The number of nitrogens with one attached hydrogen (secondary N) is 1. The first-order valence-corrected chi connectivity index (χ1v) is 7.55. The molecule has 0 aliphatic carbocycles. The zero-order chi connectivity index (χ0) is 12.4. The molecular weight excluding hydrogens is 226 g/mol. The van der Waals surface area contributed by atoms with Crippen LogP contribution in [0.5, 0.6) is 0 Å². The predicted molar refractivity (Wildman–Crippen MR) is 71.3 cm³/mol. The van der Waals surface area contributed by atoms with Crippen LogP contribution >= 0.6 is 0 Å². The van der Waals surface area contributed by atoms with Crippen molar-refractivity contribution in [1.82, 2.24) is 15.1 Å².